The number of nitrogens with two attached hydrogens (primary N) is 1. The lowest BCUT2D eigenvalue weighted by atomic mass is 10.0. The summed E-state index contributed by atoms with van der Waals surface area (Å²) in [4.78, 5) is 34.9. The first kappa shape index (κ1) is 53.8. The number of esters is 2. The molecule has 0 rings (SSSR count). The molecule has 0 aliphatic heterocycles. The summed E-state index contributed by atoms with van der Waals surface area (Å²) in [5.41, 5.74) is 5.35. The van der Waals surface area contributed by atoms with Crippen molar-refractivity contribution in [2.24, 2.45) is 5.73 Å². The number of phosphoric ester groups is 1. The molecule has 2 atom stereocenters. The van der Waals surface area contributed by atoms with Crippen LogP contribution in [0.5, 0.6) is 0 Å². The van der Waals surface area contributed by atoms with E-state index >= 15 is 0 Å². The second-order valence-electron chi connectivity index (χ2n) is 15.6. The number of allylic oxidation sites excluding steroid dienone is 2. The number of carbonyl (C=O) groups is 2. The van der Waals surface area contributed by atoms with Gasteiger partial charge in [0.1, 0.15) is 6.61 Å². The Morgan fingerprint density at radius 2 is 0.891 bits per heavy atom. The Bertz CT molecular complexity index is 917. The van der Waals surface area contributed by atoms with Crippen molar-refractivity contribution in [2.45, 2.75) is 238 Å². The van der Waals surface area contributed by atoms with Crippen LogP contribution in [0.4, 0.5) is 0 Å². The van der Waals surface area contributed by atoms with Crippen LogP contribution in [0, 0.1) is 0 Å². The van der Waals surface area contributed by atoms with E-state index in [9.17, 15) is 19.0 Å². The Hall–Kier alpha value is -1.25. The molecule has 0 saturated carbocycles. The van der Waals surface area contributed by atoms with Crippen molar-refractivity contribution in [3.63, 3.8) is 0 Å². The molecule has 9 nitrogen and oxygen atoms in total. The number of unbranched alkanes of at least 4 members (excludes halogenated alkanes) is 29. The standard InChI is InChI=1S/C45H88NO8P/c1-3-5-7-9-11-13-15-17-18-19-20-21-22-23-24-26-28-30-32-34-36-38-45(48)54-43(42-53-55(49,50)52-40-39-46)41-51-44(47)37-35-33-31-29-27-25-16-14-12-10-8-6-4-2/h17-18,43H,3-16,19-42,46H2,1-2H3,(H,49,50)/b18-17-/t43-/m1/s1. The van der Waals surface area contributed by atoms with E-state index in [4.69, 9.17) is 24.3 Å². The topological polar surface area (TPSA) is 134 Å². The van der Waals surface area contributed by atoms with E-state index in [0.29, 0.717) is 6.42 Å². The van der Waals surface area contributed by atoms with Gasteiger partial charge >= 0.3 is 19.8 Å². The molecule has 3 N–H and O–H groups in total. The molecule has 0 heterocycles. The molecule has 0 amide bonds. The monoisotopic (exact) mass is 802 g/mol. The lowest BCUT2D eigenvalue weighted by Crippen LogP contribution is -2.29. The summed E-state index contributed by atoms with van der Waals surface area (Å²) < 4.78 is 32.8. The number of phosphoric acid groups is 1. The minimum Gasteiger partial charge on any atom is -0.462 e. The maximum absolute atomic E-state index is 12.6. The van der Waals surface area contributed by atoms with Crippen molar-refractivity contribution >= 4 is 19.8 Å². The van der Waals surface area contributed by atoms with Crippen LogP contribution in [0.1, 0.15) is 232 Å². The van der Waals surface area contributed by atoms with Gasteiger partial charge in [-0.15, -0.1) is 0 Å². The zero-order valence-electron chi connectivity index (χ0n) is 35.9. The number of rotatable bonds is 44. The summed E-state index contributed by atoms with van der Waals surface area (Å²) in [7, 11) is -4.37. The molecule has 10 heteroatoms. The third kappa shape index (κ3) is 42.2. The highest BCUT2D eigenvalue weighted by Gasteiger charge is 2.26. The fourth-order valence-corrected chi connectivity index (χ4v) is 7.45. The molecular weight excluding hydrogens is 713 g/mol. The van der Waals surface area contributed by atoms with Crippen molar-refractivity contribution in [1.82, 2.24) is 0 Å². The molecule has 0 saturated heterocycles. The van der Waals surface area contributed by atoms with Crippen molar-refractivity contribution in [1.29, 1.82) is 0 Å². The first-order chi connectivity index (χ1) is 26.8. The summed E-state index contributed by atoms with van der Waals surface area (Å²) in [5.74, 6) is -0.817. The van der Waals surface area contributed by atoms with Gasteiger partial charge in [0.2, 0.25) is 0 Å². The van der Waals surface area contributed by atoms with E-state index in [1.165, 1.54) is 167 Å². The SMILES string of the molecule is CCCCCCCC/C=C\CCCCCCCCCCCCCC(=O)O[C@H](COC(=O)CCCCCCCCCCCCCCC)COP(=O)(O)OCCN. The quantitative estimate of drug-likeness (QED) is 0.0267. The normalized spacial score (nSPS) is 13.3. The van der Waals surface area contributed by atoms with Crippen molar-refractivity contribution < 1.29 is 37.6 Å². The van der Waals surface area contributed by atoms with Gasteiger partial charge in [0.05, 0.1) is 13.2 Å². The predicted molar refractivity (Wildman–Crippen MR) is 229 cm³/mol. The molecule has 0 aromatic heterocycles. The largest absolute Gasteiger partial charge is 0.472 e. The van der Waals surface area contributed by atoms with E-state index in [1.54, 1.807) is 0 Å². The minimum atomic E-state index is -4.37. The number of carbonyl (C=O) groups excluding carboxylic acids is 2. The average molecular weight is 802 g/mol. The molecule has 0 aromatic carbocycles. The third-order valence-corrected chi connectivity index (χ3v) is 11.1. The van der Waals surface area contributed by atoms with Gasteiger partial charge in [0.15, 0.2) is 6.10 Å². The molecule has 55 heavy (non-hydrogen) atoms. The molecule has 0 bridgehead atoms. The molecule has 0 aliphatic rings. The number of hydrogen-bond donors (Lipinski definition) is 2. The minimum absolute atomic E-state index is 0.0564. The molecule has 1 unspecified atom stereocenters. The number of ether oxygens (including phenoxy) is 2. The van der Waals surface area contributed by atoms with Crippen LogP contribution in [0.2, 0.25) is 0 Å². The third-order valence-electron chi connectivity index (χ3n) is 10.2. The highest BCUT2D eigenvalue weighted by Crippen LogP contribution is 2.43. The van der Waals surface area contributed by atoms with E-state index in [-0.39, 0.29) is 38.6 Å². The fraction of sp³-hybridized carbons (Fsp3) is 0.911. The Morgan fingerprint density at radius 3 is 1.29 bits per heavy atom. The Balaban J connectivity index is 4.05. The average Bonchev–Trinajstić information content (AvgIpc) is 3.17. The Labute approximate surface area is 339 Å². The summed E-state index contributed by atoms with van der Waals surface area (Å²) >= 11 is 0. The summed E-state index contributed by atoms with van der Waals surface area (Å²) in [6, 6.07) is 0. The van der Waals surface area contributed by atoms with Gasteiger partial charge in [-0.1, -0.05) is 193 Å². The van der Waals surface area contributed by atoms with Crippen molar-refractivity contribution in [3.8, 4) is 0 Å². The van der Waals surface area contributed by atoms with Gasteiger partial charge in [-0.2, -0.15) is 0 Å². The van der Waals surface area contributed by atoms with Crippen LogP contribution in [0.15, 0.2) is 12.2 Å². The number of hydrogen-bond acceptors (Lipinski definition) is 8. The van der Waals surface area contributed by atoms with Gasteiger partial charge in [-0.05, 0) is 38.5 Å². The highest BCUT2D eigenvalue weighted by atomic mass is 31.2. The van der Waals surface area contributed by atoms with Crippen LogP contribution in [-0.4, -0.2) is 49.3 Å². The van der Waals surface area contributed by atoms with Gasteiger partial charge in [0.25, 0.3) is 0 Å². The van der Waals surface area contributed by atoms with Crippen LogP contribution in [0.25, 0.3) is 0 Å². The van der Waals surface area contributed by atoms with E-state index in [0.717, 1.165) is 32.1 Å². The van der Waals surface area contributed by atoms with E-state index in [1.807, 2.05) is 0 Å². The summed E-state index contributed by atoms with van der Waals surface area (Å²) in [6.07, 6.45) is 43.8. The van der Waals surface area contributed by atoms with Crippen LogP contribution in [-0.2, 0) is 32.7 Å². The van der Waals surface area contributed by atoms with Gasteiger partial charge in [-0.25, -0.2) is 4.57 Å². The predicted octanol–water partition coefficient (Wildman–Crippen LogP) is 13.4. The van der Waals surface area contributed by atoms with Crippen LogP contribution >= 0.6 is 7.82 Å². The van der Waals surface area contributed by atoms with E-state index in [2.05, 4.69) is 26.0 Å². The summed E-state index contributed by atoms with van der Waals surface area (Å²) in [6.45, 7) is 3.76. The van der Waals surface area contributed by atoms with Crippen molar-refractivity contribution in [2.75, 3.05) is 26.4 Å². The smallest absolute Gasteiger partial charge is 0.462 e. The Kier molecular flexibility index (Phi) is 41.4. The second kappa shape index (κ2) is 42.4. The first-order valence-corrected chi connectivity index (χ1v) is 24.7. The zero-order chi connectivity index (χ0) is 40.3. The lowest BCUT2D eigenvalue weighted by molar-refractivity contribution is -0.161. The molecule has 0 aliphatic carbocycles. The fourth-order valence-electron chi connectivity index (χ4n) is 6.69. The molecule has 0 aromatic rings. The maximum atomic E-state index is 12.6. The van der Waals surface area contributed by atoms with E-state index < -0.39 is 26.5 Å². The second-order valence-corrected chi connectivity index (χ2v) is 17.1. The zero-order valence-corrected chi connectivity index (χ0v) is 36.8. The molecule has 0 fully saturated rings. The molecule has 326 valence electrons. The maximum Gasteiger partial charge on any atom is 0.472 e. The van der Waals surface area contributed by atoms with Gasteiger partial charge in [-0.3, -0.25) is 18.6 Å². The highest BCUT2D eigenvalue weighted by molar-refractivity contribution is 7.47. The van der Waals surface area contributed by atoms with Crippen LogP contribution < -0.4 is 5.73 Å². The van der Waals surface area contributed by atoms with Crippen LogP contribution in [0.3, 0.4) is 0 Å². The molecular formula is C45H88NO8P. The van der Waals surface area contributed by atoms with Gasteiger partial charge < -0.3 is 20.1 Å². The summed E-state index contributed by atoms with van der Waals surface area (Å²) in [5, 5.41) is 0. The molecule has 0 radical (unpaired) electrons. The lowest BCUT2D eigenvalue weighted by Gasteiger charge is -2.19. The van der Waals surface area contributed by atoms with Gasteiger partial charge in [0, 0.05) is 19.4 Å². The first-order valence-electron chi connectivity index (χ1n) is 23.2. The Morgan fingerprint density at radius 1 is 0.527 bits per heavy atom. The molecule has 0 spiro atoms. The van der Waals surface area contributed by atoms with Crippen molar-refractivity contribution in [3.05, 3.63) is 12.2 Å².